The van der Waals surface area contributed by atoms with E-state index in [9.17, 15) is 4.79 Å². The van der Waals surface area contributed by atoms with Gasteiger partial charge in [0.1, 0.15) is 17.1 Å². The molecular weight excluding hydrogens is 280 g/mol. The van der Waals surface area contributed by atoms with Gasteiger partial charge < -0.3 is 14.8 Å². The van der Waals surface area contributed by atoms with Crippen LogP contribution in [0.25, 0.3) is 0 Å². The number of ether oxygens (including phenoxy) is 2. The van der Waals surface area contributed by atoms with Crippen molar-refractivity contribution < 1.29 is 14.3 Å². The van der Waals surface area contributed by atoms with Gasteiger partial charge in [0, 0.05) is 18.9 Å². The van der Waals surface area contributed by atoms with Gasteiger partial charge >= 0.3 is 6.09 Å². The molecular formula is C17H20N2O3. The first-order valence-electron chi connectivity index (χ1n) is 7.06. The maximum Gasteiger partial charge on any atom is 0.407 e. The number of hydrogen-bond acceptors (Lipinski definition) is 4. The van der Waals surface area contributed by atoms with Crippen molar-refractivity contribution >= 4 is 6.09 Å². The molecule has 0 saturated carbocycles. The third-order valence-corrected chi connectivity index (χ3v) is 2.64. The highest BCUT2D eigenvalue weighted by atomic mass is 16.6. The van der Waals surface area contributed by atoms with Crippen molar-refractivity contribution in [3.63, 3.8) is 0 Å². The van der Waals surface area contributed by atoms with E-state index >= 15 is 0 Å². The first-order chi connectivity index (χ1) is 10.4. The molecule has 5 heteroatoms. The third kappa shape index (κ3) is 5.44. The fraction of sp³-hybridized carbons (Fsp3) is 0.294. The summed E-state index contributed by atoms with van der Waals surface area (Å²) in [5.41, 5.74) is 0.472. The average Bonchev–Trinajstić information content (AvgIpc) is 2.46. The van der Waals surface area contributed by atoms with Crippen LogP contribution in [0, 0.1) is 0 Å². The lowest BCUT2D eigenvalue weighted by molar-refractivity contribution is 0.0523. The molecule has 0 fully saturated rings. The van der Waals surface area contributed by atoms with E-state index in [0.29, 0.717) is 6.54 Å². The van der Waals surface area contributed by atoms with Crippen molar-refractivity contribution in [2.24, 2.45) is 0 Å². The Labute approximate surface area is 130 Å². The Kier molecular flexibility index (Phi) is 4.99. The van der Waals surface area contributed by atoms with Gasteiger partial charge in [0.25, 0.3) is 0 Å². The molecule has 5 nitrogen and oxygen atoms in total. The predicted octanol–water partition coefficient (Wildman–Crippen LogP) is 3.90. The fourth-order valence-electron chi connectivity index (χ4n) is 1.71. The minimum Gasteiger partial charge on any atom is -0.457 e. The lowest BCUT2D eigenvalue weighted by Crippen LogP contribution is -2.32. The quantitative estimate of drug-likeness (QED) is 0.930. The highest BCUT2D eigenvalue weighted by Gasteiger charge is 2.15. The molecule has 2 rings (SSSR count). The molecule has 0 atom stereocenters. The number of amides is 1. The number of alkyl carbamates (subject to hydrolysis) is 1. The fourth-order valence-corrected chi connectivity index (χ4v) is 1.71. The van der Waals surface area contributed by atoms with Crippen LogP contribution in [0.4, 0.5) is 4.79 Å². The first kappa shape index (κ1) is 15.8. The molecule has 1 aromatic heterocycles. The average molecular weight is 300 g/mol. The van der Waals surface area contributed by atoms with Gasteiger partial charge in [-0.25, -0.2) is 4.79 Å². The molecule has 2 aromatic rings. The van der Waals surface area contributed by atoms with Crippen LogP contribution in [0.15, 0.2) is 48.8 Å². The molecule has 0 spiro atoms. The van der Waals surface area contributed by atoms with Crippen LogP contribution < -0.4 is 10.1 Å². The molecule has 116 valence electrons. The SMILES string of the molecule is CC(C)(C)OC(=O)NCc1ccc(Oc2ccncc2)cc1. The molecule has 0 aliphatic heterocycles. The Balaban J connectivity index is 1.86. The number of nitrogens with zero attached hydrogens (tertiary/aromatic N) is 1. The van der Waals surface area contributed by atoms with Crippen molar-refractivity contribution in [2.45, 2.75) is 32.9 Å². The van der Waals surface area contributed by atoms with Gasteiger partial charge in [-0.05, 0) is 50.6 Å². The maximum absolute atomic E-state index is 11.6. The minimum absolute atomic E-state index is 0.407. The standard InChI is InChI=1S/C17H20N2O3/c1-17(2,3)22-16(20)19-12-13-4-6-14(7-5-13)21-15-8-10-18-11-9-15/h4-11H,12H2,1-3H3,(H,19,20). The zero-order valence-electron chi connectivity index (χ0n) is 13.0. The molecule has 1 N–H and O–H groups in total. The zero-order valence-corrected chi connectivity index (χ0v) is 13.0. The van der Waals surface area contributed by atoms with Crippen LogP contribution in [0.5, 0.6) is 11.5 Å². The normalized spacial score (nSPS) is 10.9. The smallest absolute Gasteiger partial charge is 0.407 e. The van der Waals surface area contributed by atoms with E-state index in [1.807, 2.05) is 45.0 Å². The molecule has 0 aliphatic carbocycles. The van der Waals surface area contributed by atoms with Crippen LogP contribution >= 0.6 is 0 Å². The van der Waals surface area contributed by atoms with E-state index in [4.69, 9.17) is 9.47 Å². The van der Waals surface area contributed by atoms with Gasteiger partial charge in [0.05, 0.1) is 0 Å². The summed E-state index contributed by atoms with van der Waals surface area (Å²) in [7, 11) is 0. The number of nitrogens with one attached hydrogen (secondary N) is 1. The number of rotatable bonds is 4. The molecule has 0 bridgehead atoms. The van der Waals surface area contributed by atoms with Crippen LogP contribution in [0.3, 0.4) is 0 Å². The molecule has 22 heavy (non-hydrogen) atoms. The number of benzene rings is 1. The first-order valence-corrected chi connectivity index (χ1v) is 7.06. The molecule has 0 saturated heterocycles. The number of pyridine rings is 1. The van der Waals surface area contributed by atoms with Gasteiger partial charge in [-0.3, -0.25) is 4.98 Å². The van der Waals surface area contributed by atoms with Crippen LogP contribution in [0.1, 0.15) is 26.3 Å². The van der Waals surface area contributed by atoms with E-state index in [1.165, 1.54) is 0 Å². The summed E-state index contributed by atoms with van der Waals surface area (Å²) in [6, 6.07) is 11.1. The van der Waals surface area contributed by atoms with Crippen LogP contribution in [-0.4, -0.2) is 16.7 Å². The van der Waals surface area contributed by atoms with E-state index in [-0.39, 0.29) is 0 Å². The summed E-state index contributed by atoms with van der Waals surface area (Å²) in [5, 5.41) is 2.71. The van der Waals surface area contributed by atoms with E-state index < -0.39 is 11.7 Å². The summed E-state index contributed by atoms with van der Waals surface area (Å²) in [5.74, 6) is 1.46. The van der Waals surface area contributed by atoms with E-state index in [0.717, 1.165) is 17.1 Å². The molecule has 1 amide bonds. The third-order valence-electron chi connectivity index (χ3n) is 2.64. The molecule has 1 heterocycles. The topological polar surface area (TPSA) is 60.5 Å². The Morgan fingerprint density at radius 1 is 1.05 bits per heavy atom. The highest BCUT2D eigenvalue weighted by molar-refractivity contribution is 5.67. The van der Waals surface area contributed by atoms with E-state index in [2.05, 4.69) is 10.3 Å². The van der Waals surface area contributed by atoms with Crippen molar-refractivity contribution in [1.29, 1.82) is 0 Å². The Morgan fingerprint density at radius 2 is 1.64 bits per heavy atom. The van der Waals surface area contributed by atoms with Gasteiger partial charge in [-0.2, -0.15) is 0 Å². The molecule has 0 unspecified atom stereocenters. The highest BCUT2D eigenvalue weighted by Crippen LogP contribution is 2.20. The molecule has 1 aromatic carbocycles. The Bertz CT molecular complexity index is 604. The van der Waals surface area contributed by atoms with Gasteiger partial charge in [0.2, 0.25) is 0 Å². The second-order valence-corrected chi connectivity index (χ2v) is 5.78. The van der Waals surface area contributed by atoms with Gasteiger partial charge in [0.15, 0.2) is 0 Å². The van der Waals surface area contributed by atoms with Gasteiger partial charge in [-0.15, -0.1) is 0 Å². The minimum atomic E-state index is -0.494. The molecule has 0 radical (unpaired) electrons. The Hall–Kier alpha value is -2.56. The molecule has 0 aliphatic rings. The number of carbonyl (C=O) groups excluding carboxylic acids is 1. The number of aromatic nitrogens is 1. The van der Waals surface area contributed by atoms with Crippen LogP contribution in [-0.2, 0) is 11.3 Å². The summed E-state index contributed by atoms with van der Waals surface area (Å²) in [4.78, 5) is 15.5. The second-order valence-electron chi connectivity index (χ2n) is 5.78. The second kappa shape index (κ2) is 6.93. The maximum atomic E-state index is 11.6. The predicted molar refractivity (Wildman–Crippen MR) is 83.8 cm³/mol. The van der Waals surface area contributed by atoms with Gasteiger partial charge in [-0.1, -0.05) is 12.1 Å². The van der Waals surface area contributed by atoms with Crippen molar-refractivity contribution in [3.8, 4) is 11.5 Å². The Morgan fingerprint density at radius 3 is 2.23 bits per heavy atom. The van der Waals surface area contributed by atoms with Crippen molar-refractivity contribution in [3.05, 3.63) is 54.4 Å². The summed E-state index contributed by atoms with van der Waals surface area (Å²) in [6.45, 7) is 5.90. The largest absolute Gasteiger partial charge is 0.457 e. The lowest BCUT2D eigenvalue weighted by Gasteiger charge is -2.19. The summed E-state index contributed by atoms with van der Waals surface area (Å²) < 4.78 is 10.9. The summed E-state index contributed by atoms with van der Waals surface area (Å²) >= 11 is 0. The monoisotopic (exact) mass is 300 g/mol. The van der Waals surface area contributed by atoms with Crippen LogP contribution in [0.2, 0.25) is 0 Å². The summed E-state index contributed by atoms with van der Waals surface area (Å²) in [6.07, 6.45) is 2.92. The number of carbonyl (C=O) groups is 1. The zero-order chi connectivity index (χ0) is 16.0. The van der Waals surface area contributed by atoms with Crippen molar-refractivity contribution in [2.75, 3.05) is 0 Å². The number of hydrogen-bond donors (Lipinski definition) is 1. The van der Waals surface area contributed by atoms with Crippen molar-refractivity contribution in [1.82, 2.24) is 10.3 Å². The van der Waals surface area contributed by atoms with E-state index in [1.54, 1.807) is 24.5 Å². The lowest BCUT2D eigenvalue weighted by atomic mass is 10.2.